The summed E-state index contributed by atoms with van der Waals surface area (Å²) in [4.78, 5) is 7.87. The highest BCUT2D eigenvalue weighted by atomic mass is 79.9. The summed E-state index contributed by atoms with van der Waals surface area (Å²) in [7, 11) is 0. The van der Waals surface area contributed by atoms with Crippen LogP contribution in [0.15, 0.2) is 59.3 Å². The van der Waals surface area contributed by atoms with Crippen molar-refractivity contribution in [2.75, 3.05) is 0 Å². The SMILES string of the molecule is Cc1c(Cl)cccc1-c1cnc(=S)n2cc(-c3ccc(Br)cc3)[nH]c12. The van der Waals surface area contributed by atoms with Crippen molar-refractivity contribution >= 4 is 45.4 Å². The Morgan fingerprint density at radius 2 is 1.88 bits per heavy atom. The number of hydrogen-bond donors (Lipinski definition) is 1. The molecule has 0 fully saturated rings. The topological polar surface area (TPSA) is 33.1 Å². The van der Waals surface area contributed by atoms with E-state index in [0.717, 1.165) is 43.1 Å². The fraction of sp³-hybridized carbons (Fsp3) is 0.0526. The van der Waals surface area contributed by atoms with Crippen molar-refractivity contribution in [1.82, 2.24) is 14.4 Å². The van der Waals surface area contributed by atoms with Crippen molar-refractivity contribution in [1.29, 1.82) is 0 Å². The highest BCUT2D eigenvalue weighted by Gasteiger charge is 2.13. The van der Waals surface area contributed by atoms with Gasteiger partial charge in [0.15, 0.2) is 0 Å². The predicted octanol–water partition coefficient (Wildman–Crippen LogP) is 6.45. The van der Waals surface area contributed by atoms with Gasteiger partial charge in [0.05, 0.1) is 5.69 Å². The molecule has 124 valence electrons. The van der Waals surface area contributed by atoms with Gasteiger partial charge in [-0.2, -0.15) is 0 Å². The molecule has 0 radical (unpaired) electrons. The lowest BCUT2D eigenvalue weighted by Gasteiger charge is -2.08. The average Bonchev–Trinajstić information content (AvgIpc) is 3.05. The van der Waals surface area contributed by atoms with Gasteiger partial charge in [0.2, 0.25) is 4.77 Å². The standard InChI is InChI=1S/C19H13BrClN3S/c1-11-14(3-2-4-16(11)21)15-9-22-19(25)24-10-17(23-18(15)24)12-5-7-13(20)8-6-12/h2-10,23H,1H3. The summed E-state index contributed by atoms with van der Waals surface area (Å²) >= 11 is 15.2. The van der Waals surface area contributed by atoms with E-state index in [0.29, 0.717) is 4.77 Å². The van der Waals surface area contributed by atoms with Crippen LogP contribution in [-0.4, -0.2) is 14.4 Å². The number of aromatic amines is 1. The van der Waals surface area contributed by atoms with Crippen LogP contribution in [0.3, 0.4) is 0 Å². The number of hydrogen-bond acceptors (Lipinski definition) is 2. The van der Waals surface area contributed by atoms with Crippen LogP contribution in [0.5, 0.6) is 0 Å². The van der Waals surface area contributed by atoms with Crippen LogP contribution in [-0.2, 0) is 0 Å². The second kappa shape index (κ2) is 6.41. The van der Waals surface area contributed by atoms with Crippen molar-refractivity contribution < 1.29 is 0 Å². The van der Waals surface area contributed by atoms with Crippen LogP contribution in [0, 0.1) is 11.7 Å². The van der Waals surface area contributed by atoms with Crippen LogP contribution >= 0.6 is 39.7 Å². The van der Waals surface area contributed by atoms with Gasteiger partial charge in [0.25, 0.3) is 0 Å². The summed E-state index contributed by atoms with van der Waals surface area (Å²) in [6.07, 6.45) is 3.79. The first-order valence-corrected chi connectivity index (χ1v) is 9.24. The first kappa shape index (κ1) is 16.5. The monoisotopic (exact) mass is 429 g/mol. The number of H-pyrrole nitrogens is 1. The molecule has 4 rings (SSSR count). The first-order valence-electron chi connectivity index (χ1n) is 7.66. The fourth-order valence-electron chi connectivity index (χ4n) is 2.88. The lowest BCUT2D eigenvalue weighted by Crippen LogP contribution is -1.94. The van der Waals surface area contributed by atoms with E-state index in [-0.39, 0.29) is 0 Å². The van der Waals surface area contributed by atoms with E-state index in [1.165, 1.54) is 0 Å². The third-order valence-corrected chi connectivity index (χ3v) is 5.47. The van der Waals surface area contributed by atoms with Crippen LogP contribution < -0.4 is 0 Å². The van der Waals surface area contributed by atoms with Crippen LogP contribution in [0.2, 0.25) is 5.02 Å². The summed E-state index contributed by atoms with van der Waals surface area (Å²) < 4.78 is 3.46. The highest BCUT2D eigenvalue weighted by Crippen LogP contribution is 2.32. The quantitative estimate of drug-likeness (QED) is 0.371. The van der Waals surface area contributed by atoms with Gasteiger partial charge < -0.3 is 4.98 Å². The molecule has 0 aliphatic rings. The zero-order valence-electron chi connectivity index (χ0n) is 13.3. The van der Waals surface area contributed by atoms with Crippen LogP contribution in [0.4, 0.5) is 0 Å². The maximum atomic E-state index is 6.30. The van der Waals surface area contributed by atoms with Gasteiger partial charge in [0.1, 0.15) is 5.65 Å². The van der Waals surface area contributed by atoms with Gasteiger partial charge in [-0.05, 0) is 54.0 Å². The zero-order chi connectivity index (χ0) is 17.6. The molecule has 3 nitrogen and oxygen atoms in total. The Morgan fingerprint density at radius 3 is 2.64 bits per heavy atom. The number of nitrogens with one attached hydrogen (secondary N) is 1. The van der Waals surface area contributed by atoms with E-state index in [9.17, 15) is 0 Å². The Bertz CT molecular complexity index is 1150. The summed E-state index contributed by atoms with van der Waals surface area (Å²) in [5, 5.41) is 0.734. The Labute approximate surface area is 163 Å². The predicted molar refractivity (Wildman–Crippen MR) is 109 cm³/mol. The zero-order valence-corrected chi connectivity index (χ0v) is 16.4. The molecule has 0 spiro atoms. The van der Waals surface area contributed by atoms with Gasteiger partial charge >= 0.3 is 0 Å². The van der Waals surface area contributed by atoms with Gasteiger partial charge in [0, 0.05) is 27.5 Å². The lowest BCUT2D eigenvalue weighted by atomic mass is 10.0. The molecule has 0 saturated heterocycles. The molecular formula is C19H13BrClN3S. The van der Waals surface area contributed by atoms with Crippen molar-refractivity contribution in [3.05, 3.63) is 74.7 Å². The molecule has 0 atom stereocenters. The minimum atomic E-state index is 0.512. The molecule has 2 aromatic heterocycles. The van der Waals surface area contributed by atoms with Crippen molar-refractivity contribution in [2.24, 2.45) is 0 Å². The van der Waals surface area contributed by atoms with E-state index in [4.69, 9.17) is 23.8 Å². The second-order valence-corrected chi connectivity index (χ2v) is 7.45. The second-order valence-electron chi connectivity index (χ2n) is 5.76. The molecule has 0 unspecified atom stereocenters. The molecule has 4 aromatic rings. The third-order valence-electron chi connectivity index (χ3n) is 4.23. The van der Waals surface area contributed by atoms with E-state index in [2.05, 4.69) is 38.0 Å². The molecule has 0 aliphatic heterocycles. The summed E-state index contributed by atoms with van der Waals surface area (Å²) in [6, 6.07) is 14.0. The summed E-state index contributed by atoms with van der Waals surface area (Å²) in [6.45, 7) is 2.01. The van der Waals surface area contributed by atoms with E-state index < -0.39 is 0 Å². The largest absolute Gasteiger partial charge is 0.339 e. The van der Waals surface area contributed by atoms with Gasteiger partial charge in [-0.1, -0.05) is 51.8 Å². The molecule has 6 heteroatoms. The molecule has 2 aromatic carbocycles. The number of imidazole rings is 1. The van der Waals surface area contributed by atoms with Crippen molar-refractivity contribution in [2.45, 2.75) is 6.92 Å². The molecule has 1 N–H and O–H groups in total. The minimum Gasteiger partial charge on any atom is -0.339 e. The Morgan fingerprint density at radius 1 is 1.12 bits per heavy atom. The molecule has 0 aliphatic carbocycles. The number of rotatable bonds is 2. The number of fused-ring (bicyclic) bond motifs is 1. The summed E-state index contributed by atoms with van der Waals surface area (Å²) in [5.74, 6) is 0. The third kappa shape index (κ3) is 2.92. The van der Waals surface area contributed by atoms with Gasteiger partial charge in [-0.25, -0.2) is 4.98 Å². The Kier molecular flexibility index (Phi) is 4.23. The van der Waals surface area contributed by atoms with E-state index in [1.807, 2.05) is 47.9 Å². The molecule has 0 amide bonds. The first-order chi connectivity index (χ1) is 12.0. The molecule has 25 heavy (non-hydrogen) atoms. The number of aromatic nitrogens is 3. The molecule has 0 bridgehead atoms. The van der Waals surface area contributed by atoms with Gasteiger partial charge in [-0.3, -0.25) is 4.40 Å². The molecule has 0 saturated carbocycles. The minimum absolute atomic E-state index is 0.512. The van der Waals surface area contributed by atoms with Crippen LogP contribution in [0.25, 0.3) is 28.0 Å². The number of halogens is 2. The summed E-state index contributed by atoms with van der Waals surface area (Å²) in [5.41, 5.74) is 5.99. The molecular weight excluding hydrogens is 418 g/mol. The number of nitrogens with zero attached hydrogens (tertiary/aromatic N) is 2. The van der Waals surface area contributed by atoms with E-state index in [1.54, 1.807) is 6.20 Å². The molecule has 2 heterocycles. The maximum Gasteiger partial charge on any atom is 0.205 e. The van der Waals surface area contributed by atoms with Crippen molar-refractivity contribution in [3.8, 4) is 22.4 Å². The Balaban J connectivity index is 1.98. The van der Waals surface area contributed by atoms with Gasteiger partial charge in [-0.15, -0.1) is 0 Å². The highest BCUT2D eigenvalue weighted by molar-refractivity contribution is 9.10. The maximum absolute atomic E-state index is 6.30. The average molecular weight is 431 g/mol. The smallest absolute Gasteiger partial charge is 0.205 e. The van der Waals surface area contributed by atoms with Crippen LogP contribution in [0.1, 0.15) is 5.56 Å². The van der Waals surface area contributed by atoms with E-state index >= 15 is 0 Å². The Hall–Kier alpha value is -1.95. The number of benzene rings is 2. The van der Waals surface area contributed by atoms with Crippen molar-refractivity contribution in [3.63, 3.8) is 0 Å². The fourth-order valence-corrected chi connectivity index (χ4v) is 3.51. The normalized spacial score (nSPS) is 11.2. The lowest BCUT2D eigenvalue weighted by molar-refractivity contribution is 1.06.